The van der Waals surface area contributed by atoms with Crippen molar-refractivity contribution in [1.29, 1.82) is 0 Å². The molecule has 1 aromatic heterocycles. The molecule has 6 heteroatoms. The molecule has 2 heterocycles. The summed E-state index contributed by atoms with van der Waals surface area (Å²) in [4.78, 5) is 26.8. The molecule has 26 heavy (non-hydrogen) atoms. The molecule has 0 N–H and O–H groups in total. The van der Waals surface area contributed by atoms with Gasteiger partial charge in [-0.05, 0) is 73.9 Å². The summed E-state index contributed by atoms with van der Waals surface area (Å²) in [6.45, 7) is 4.43. The van der Waals surface area contributed by atoms with Gasteiger partial charge in [0.25, 0.3) is 11.1 Å². The van der Waals surface area contributed by atoms with E-state index >= 15 is 0 Å². The van der Waals surface area contributed by atoms with Crippen LogP contribution in [0.5, 0.6) is 0 Å². The zero-order chi connectivity index (χ0) is 18.4. The normalized spacial score (nSPS) is 19.0. The van der Waals surface area contributed by atoms with Crippen LogP contribution in [0.15, 0.2) is 35.2 Å². The maximum atomic E-state index is 12.7. The van der Waals surface area contributed by atoms with Crippen molar-refractivity contribution in [2.75, 3.05) is 0 Å². The van der Waals surface area contributed by atoms with Crippen molar-refractivity contribution >= 4 is 40.6 Å². The lowest BCUT2D eigenvalue weighted by molar-refractivity contribution is -0.123. The second-order valence-electron chi connectivity index (χ2n) is 6.82. The van der Waals surface area contributed by atoms with Crippen molar-refractivity contribution in [1.82, 2.24) is 9.47 Å². The number of carbonyl (C=O) groups excluding carboxylic acids is 2. The molecule has 1 saturated carbocycles. The molecular formula is C20H19ClN2O2S. The average molecular weight is 387 g/mol. The van der Waals surface area contributed by atoms with Gasteiger partial charge in [-0.3, -0.25) is 14.5 Å². The molecule has 0 radical (unpaired) electrons. The van der Waals surface area contributed by atoms with Crippen molar-refractivity contribution in [2.45, 2.75) is 39.3 Å². The molecule has 2 aromatic rings. The van der Waals surface area contributed by atoms with Gasteiger partial charge < -0.3 is 4.57 Å². The maximum absolute atomic E-state index is 12.7. The van der Waals surface area contributed by atoms with Gasteiger partial charge in [-0.15, -0.1) is 0 Å². The van der Waals surface area contributed by atoms with Gasteiger partial charge in [0.15, 0.2) is 0 Å². The Hall–Kier alpha value is -1.98. The van der Waals surface area contributed by atoms with Crippen molar-refractivity contribution in [3.05, 3.63) is 62.8 Å². The molecule has 1 aromatic carbocycles. The summed E-state index contributed by atoms with van der Waals surface area (Å²) < 4.78 is 2.34. The Morgan fingerprint density at radius 2 is 1.88 bits per heavy atom. The second kappa shape index (κ2) is 6.63. The van der Waals surface area contributed by atoms with Crippen LogP contribution in [0.1, 0.15) is 41.4 Å². The van der Waals surface area contributed by atoms with Gasteiger partial charge in [-0.1, -0.05) is 23.7 Å². The first-order valence-electron chi connectivity index (χ1n) is 8.62. The zero-order valence-electron chi connectivity index (χ0n) is 14.7. The highest BCUT2D eigenvalue weighted by atomic mass is 35.5. The van der Waals surface area contributed by atoms with Gasteiger partial charge in [0, 0.05) is 22.5 Å². The first-order valence-corrected chi connectivity index (χ1v) is 9.81. The average Bonchev–Trinajstić information content (AvgIpc) is 3.34. The van der Waals surface area contributed by atoms with E-state index in [1.165, 1.54) is 23.4 Å². The standard InChI is InChI=1S/C20H19ClN2O2S/c1-12-9-15(13(2)23(12)17-7-8-17)10-18-19(24)22(20(25)26-18)11-14-3-5-16(21)6-4-14/h3-6,9-10,17H,7-8,11H2,1-2H3/b18-10-. The molecule has 2 fully saturated rings. The van der Waals surface area contributed by atoms with Crippen LogP contribution >= 0.6 is 23.4 Å². The number of aryl methyl sites for hydroxylation is 1. The van der Waals surface area contributed by atoms with Gasteiger partial charge in [-0.2, -0.15) is 0 Å². The van der Waals surface area contributed by atoms with Crippen molar-refractivity contribution in [3.63, 3.8) is 0 Å². The zero-order valence-corrected chi connectivity index (χ0v) is 16.2. The van der Waals surface area contributed by atoms with Gasteiger partial charge in [0.2, 0.25) is 0 Å². The van der Waals surface area contributed by atoms with Crippen molar-refractivity contribution < 1.29 is 9.59 Å². The summed E-state index contributed by atoms with van der Waals surface area (Å²) >= 11 is 6.90. The molecule has 2 aliphatic rings. The number of amides is 2. The fourth-order valence-electron chi connectivity index (χ4n) is 3.39. The topological polar surface area (TPSA) is 42.3 Å². The SMILES string of the molecule is Cc1cc(/C=C2\SC(=O)N(Cc3ccc(Cl)cc3)C2=O)c(C)n1C1CC1. The van der Waals surface area contributed by atoms with E-state index in [0.29, 0.717) is 16.0 Å². The molecule has 0 atom stereocenters. The smallest absolute Gasteiger partial charge is 0.293 e. The van der Waals surface area contributed by atoms with E-state index in [1.54, 1.807) is 12.1 Å². The van der Waals surface area contributed by atoms with E-state index in [1.807, 2.05) is 18.2 Å². The molecule has 1 saturated heterocycles. The summed E-state index contributed by atoms with van der Waals surface area (Å²) in [5, 5.41) is 0.404. The van der Waals surface area contributed by atoms with Crippen LogP contribution in [0.3, 0.4) is 0 Å². The largest absolute Gasteiger partial charge is 0.346 e. The number of rotatable bonds is 4. The van der Waals surface area contributed by atoms with Gasteiger partial charge in [0.05, 0.1) is 11.4 Å². The number of imide groups is 1. The third-order valence-corrected chi connectivity index (χ3v) is 6.01. The van der Waals surface area contributed by atoms with Crippen LogP contribution in [-0.2, 0) is 11.3 Å². The fraction of sp³-hybridized carbons (Fsp3) is 0.300. The second-order valence-corrected chi connectivity index (χ2v) is 8.25. The minimum absolute atomic E-state index is 0.229. The number of aromatic nitrogens is 1. The molecule has 0 unspecified atom stereocenters. The number of hydrogen-bond donors (Lipinski definition) is 0. The van der Waals surface area contributed by atoms with Crippen LogP contribution in [0.25, 0.3) is 6.08 Å². The molecule has 1 aliphatic heterocycles. The Balaban J connectivity index is 1.58. The number of benzene rings is 1. The van der Waals surface area contributed by atoms with Crippen molar-refractivity contribution in [2.24, 2.45) is 0 Å². The maximum Gasteiger partial charge on any atom is 0.293 e. The number of carbonyl (C=O) groups is 2. The van der Waals surface area contributed by atoms with Gasteiger partial charge >= 0.3 is 0 Å². The summed E-state index contributed by atoms with van der Waals surface area (Å²) in [7, 11) is 0. The quantitative estimate of drug-likeness (QED) is 0.667. The Morgan fingerprint density at radius 1 is 1.19 bits per heavy atom. The first-order chi connectivity index (χ1) is 12.4. The van der Waals surface area contributed by atoms with E-state index < -0.39 is 0 Å². The number of thioether (sulfide) groups is 1. The van der Waals surface area contributed by atoms with Crippen LogP contribution < -0.4 is 0 Å². The number of halogens is 1. The Labute approximate surface area is 161 Å². The molecule has 0 bridgehead atoms. The lowest BCUT2D eigenvalue weighted by Crippen LogP contribution is -2.27. The molecule has 4 nitrogen and oxygen atoms in total. The number of hydrogen-bond acceptors (Lipinski definition) is 3. The Kier molecular flexibility index (Phi) is 4.45. The van der Waals surface area contributed by atoms with Crippen molar-refractivity contribution in [3.8, 4) is 0 Å². The molecule has 2 amide bonds. The third kappa shape index (κ3) is 3.21. The number of nitrogens with zero attached hydrogens (tertiary/aromatic N) is 2. The molecule has 0 spiro atoms. The van der Waals surface area contributed by atoms with Crippen LogP contribution in [-0.4, -0.2) is 20.6 Å². The summed E-state index contributed by atoms with van der Waals surface area (Å²) in [5.74, 6) is -0.230. The fourth-order valence-corrected chi connectivity index (χ4v) is 4.35. The summed E-state index contributed by atoms with van der Waals surface area (Å²) in [6, 6.07) is 9.88. The molecule has 1 aliphatic carbocycles. The van der Waals surface area contributed by atoms with Gasteiger partial charge in [0.1, 0.15) is 0 Å². The van der Waals surface area contributed by atoms with E-state index in [9.17, 15) is 9.59 Å². The predicted molar refractivity (Wildman–Crippen MR) is 105 cm³/mol. The van der Waals surface area contributed by atoms with Crippen LogP contribution in [0.4, 0.5) is 4.79 Å². The van der Waals surface area contributed by atoms with Crippen LogP contribution in [0, 0.1) is 13.8 Å². The first kappa shape index (κ1) is 17.4. The molecular weight excluding hydrogens is 368 g/mol. The monoisotopic (exact) mass is 386 g/mol. The van der Waals surface area contributed by atoms with E-state index in [2.05, 4.69) is 24.5 Å². The summed E-state index contributed by atoms with van der Waals surface area (Å²) in [6.07, 6.45) is 4.29. The van der Waals surface area contributed by atoms with Crippen LogP contribution in [0.2, 0.25) is 5.02 Å². The minimum Gasteiger partial charge on any atom is -0.346 e. The highest BCUT2D eigenvalue weighted by Gasteiger charge is 2.35. The highest BCUT2D eigenvalue weighted by Crippen LogP contribution is 2.40. The predicted octanol–water partition coefficient (Wildman–Crippen LogP) is 5.33. The lowest BCUT2D eigenvalue weighted by atomic mass is 10.2. The van der Waals surface area contributed by atoms with E-state index in [-0.39, 0.29) is 17.7 Å². The summed E-state index contributed by atoms with van der Waals surface area (Å²) in [5.41, 5.74) is 4.27. The Bertz CT molecular complexity index is 926. The Morgan fingerprint density at radius 3 is 2.54 bits per heavy atom. The lowest BCUT2D eigenvalue weighted by Gasteiger charge is -2.12. The molecule has 134 valence electrons. The minimum atomic E-state index is -0.230. The highest BCUT2D eigenvalue weighted by molar-refractivity contribution is 8.18. The van der Waals surface area contributed by atoms with E-state index in [4.69, 9.17) is 11.6 Å². The third-order valence-electron chi connectivity index (χ3n) is 4.85. The van der Waals surface area contributed by atoms with Gasteiger partial charge in [-0.25, -0.2) is 0 Å². The van der Waals surface area contributed by atoms with E-state index in [0.717, 1.165) is 28.6 Å². The molecule has 4 rings (SSSR count).